The molecule has 1 aromatic rings. The van der Waals surface area contributed by atoms with E-state index in [1.165, 1.54) is 12.2 Å². The summed E-state index contributed by atoms with van der Waals surface area (Å²) in [6, 6.07) is 5.99. The lowest BCUT2D eigenvalue weighted by Gasteiger charge is -2.23. The summed E-state index contributed by atoms with van der Waals surface area (Å²) in [5, 5.41) is 0. The first kappa shape index (κ1) is 14.3. The summed E-state index contributed by atoms with van der Waals surface area (Å²) < 4.78 is 11.5. The van der Waals surface area contributed by atoms with Gasteiger partial charge in [-0.2, -0.15) is 11.8 Å². The molecule has 0 amide bonds. The Balaban J connectivity index is 2.08. The molecule has 1 saturated heterocycles. The van der Waals surface area contributed by atoms with Gasteiger partial charge < -0.3 is 15.2 Å². The Labute approximate surface area is 119 Å². The van der Waals surface area contributed by atoms with E-state index in [1.807, 2.05) is 42.1 Å². The van der Waals surface area contributed by atoms with Gasteiger partial charge in [-0.3, -0.25) is 0 Å². The molecule has 2 N–H and O–H groups in total. The Kier molecular flexibility index (Phi) is 5.61. The number of nitrogens with two attached hydrogens (primary N) is 1. The normalized spacial score (nSPS) is 19.6. The fourth-order valence-electron chi connectivity index (χ4n) is 2.07. The van der Waals surface area contributed by atoms with Crippen molar-refractivity contribution in [3.05, 3.63) is 29.8 Å². The standard InChI is InChI=1S/C15H21NO2S/c1-17-15-10-12(4-2-8-16)6-7-14(15)18-13-5-3-9-19-11-13/h2,4,6-7,10,13H,3,5,8-9,11,16H2,1H3/b4-2+. The van der Waals surface area contributed by atoms with E-state index in [-0.39, 0.29) is 0 Å². The second kappa shape index (κ2) is 7.46. The summed E-state index contributed by atoms with van der Waals surface area (Å²) in [7, 11) is 1.67. The lowest BCUT2D eigenvalue weighted by molar-refractivity contribution is 0.202. The molecule has 3 nitrogen and oxygen atoms in total. The second-order valence-corrected chi connectivity index (χ2v) is 5.66. The summed E-state index contributed by atoms with van der Waals surface area (Å²) in [4.78, 5) is 0. The van der Waals surface area contributed by atoms with Gasteiger partial charge in [0.25, 0.3) is 0 Å². The minimum absolute atomic E-state index is 0.304. The summed E-state index contributed by atoms with van der Waals surface area (Å²) in [6.45, 7) is 0.542. The zero-order valence-electron chi connectivity index (χ0n) is 11.3. The average Bonchev–Trinajstić information content (AvgIpc) is 2.47. The molecule has 104 valence electrons. The Morgan fingerprint density at radius 1 is 1.42 bits per heavy atom. The molecular formula is C15H21NO2S. The number of methoxy groups -OCH3 is 1. The van der Waals surface area contributed by atoms with Crippen LogP contribution in [0.3, 0.4) is 0 Å². The number of ether oxygens (including phenoxy) is 2. The summed E-state index contributed by atoms with van der Waals surface area (Å²) in [6.07, 6.45) is 6.58. The smallest absolute Gasteiger partial charge is 0.161 e. The van der Waals surface area contributed by atoms with Gasteiger partial charge in [-0.25, -0.2) is 0 Å². The topological polar surface area (TPSA) is 44.5 Å². The number of rotatable bonds is 5. The van der Waals surface area contributed by atoms with E-state index < -0.39 is 0 Å². The lowest BCUT2D eigenvalue weighted by atomic mass is 10.1. The van der Waals surface area contributed by atoms with Crippen LogP contribution in [-0.4, -0.2) is 31.3 Å². The molecule has 0 radical (unpaired) electrons. The third kappa shape index (κ3) is 4.18. The third-order valence-corrected chi connectivity index (χ3v) is 4.23. The summed E-state index contributed by atoms with van der Waals surface area (Å²) in [5.41, 5.74) is 6.53. The van der Waals surface area contributed by atoms with Crippen molar-refractivity contribution in [1.29, 1.82) is 0 Å². The molecule has 0 bridgehead atoms. The van der Waals surface area contributed by atoms with Gasteiger partial charge in [-0.05, 0) is 36.3 Å². The lowest BCUT2D eigenvalue weighted by Crippen LogP contribution is -2.23. The molecule has 1 unspecified atom stereocenters. The monoisotopic (exact) mass is 279 g/mol. The van der Waals surface area contributed by atoms with Gasteiger partial charge in [0.05, 0.1) is 7.11 Å². The van der Waals surface area contributed by atoms with Crippen molar-refractivity contribution in [3.8, 4) is 11.5 Å². The van der Waals surface area contributed by atoms with Crippen molar-refractivity contribution in [3.63, 3.8) is 0 Å². The second-order valence-electron chi connectivity index (χ2n) is 4.51. The van der Waals surface area contributed by atoms with Crippen molar-refractivity contribution in [1.82, 2.24) is 0 Å². The Hall–Kier alpha value is -1.13. The van der Waals surface area contributed by atoms with Gasteiger partial charge >= 0.3 is 0 Å². The number of thioether (sulfide) groups is 1. The third-order valence-electron chi connectivity index (χ3n) is 3.05. The molecule has 0 saturated carbocycles. The highest BCUT2D eigenvalue weighted by molar-refractivity contribution is 7.99. The molecule has 2 rings (SSSR count). The quantitative estimate of drug-likeness (QED) is 0.900. The van der Waals surface area contributed by atoms with Gasteiger partial charge in [0, 0.05) is 12.3 Å². The minimum atomic E-state index is 0.304. The van der Waals surface area contributed by atoms with Gasteiger partial charge in [0.15, 0.2) is 11.5 Å². The van der Waals surface area contributed by atoms with Gasteiger partial charge in [-0.15, -0.1) is 0 Å². The first-order valence-corrected chi connectivity index (χ1v) is 7.78. The highest BCUT2D eigenvalue weighted by Gasteiger charge is 2.17. The van der Waals surface area contributed by atoms with Crippen LogP contribution in [0.1, 0.15) is 18.4 Å². The van der Waals surface area contributed by atoms with E-state index in [4.69, 9.17) is 15.2 Å². The molecule has 1 aliphatic rings. The first-order valence-electron chi connectivity index (χ1n) is 6.62. The maximum absolute atomic E-state index is 6.04. The predicted molar refractivity (Wildman–Crippen MR) is 82.1 cm³/mol. The zero-order valence-corrected chi connectivity index (χ0v) is 12.1. The summed E-state index contributed by atoms with van der Waals surface area (Å²) >= 11 is 1.96. The van der Waals surface area contributed by atoms with Crippen LogP contribution < -0.4 is 15.2 Å². The van der Waals surface area contributed by atoms with E-state index >= 15 is 0 Å². The Morgan fingerprint density at radius 2 is 2.32 bits per heavy atom. The molecule has 0 spiro atoms. The highest BCUT2D eigenvalue weighted by atomic mass is 32.2. The largest absolute Gasteiger partial charge is 0.493 e. The van der Waals surface area contributed by atoms with Gasteiger partial charge in [-0.1, -0.05) is 18.2 Å². The maximum Gasteiger partial charge on any atom is 0.161 e. The molecule has 1 aliphatic heterocycles. The average molecular weight is 279 g/mol. The molecule has 1 aromatic carbocycles. The molecular weight excluding hydrogens is 258 g/mol. The molecule has 1 atom stereocenters. The van der Waals surface area contributed by atoms with Crippen LogP contribution in [0.4, 0.5) is 0 Å². The van der Waals surface area contributed by atoms with Crippen molar-refractivity contribution in [2.75, 3.05) is 25.2 Å². The molecule has 1 heterocycles. The van der Waals surface area contributed by atoms with Crippen LogP contribution in [0.2, 0.25) is 0 Å². The zero-order chi connectivity index (χ0) is 13.5. The van der Waals surface area contributed by atoms with Crippen LogP contribution in [0, 0.1) is 0 Å². The van der Waals surface area contributed by atoms with Crippen LogP contribution in [-0.2, 0) is 0 Å². The van der Waals surface area contributed by atoms with E-state index in [1.54, 1.807) is 7.11 Å². The van der Waals surface area contributed by atoms with E-state index in [0.717, 1.165) is 29.2 Å². The van der Waals surface area contributed by atoms with Crippen LogP contribution in [0.5, 0.6) is 11.5 Å². The van der Waals surface area contributed by atoms with E-state index in [2.05, 4.69) is 0 Å². The van der Waals surface area contributed by atoms with Crippen molar-refractivity contribution >= 4 is 17.8 Å². The molecule has 0 aliphatic carbocycles. The Morgan fingerprint density at radius 3 is 3.00 bits per heavy atom. The summed E-state index contributed by atoms with van der Waals surface area (Å²) in [5.74, 6) is 3.94. The number of hydrogen-bond donors (Lipinski definition) is 1. The highest BCUT2D eigenvalue weighted by Crippen LogP contribution is 2.31. The van der Waals surface area contributed by atoms with Crippen molar-refractivity contribution < 1.29 is 9.47 Å². The van der Waals surface area contributed by atoms with E-state index in [0.29, 0.717) is 12.6 Å². The maximum atomic E-state index is 6.04. The SMILES string of the molecule is COc1cc(/C=C/CN)ccc1OC1CCCSC1. The minimum Gasteiger partial charge on any atom is -0.493 e. The first-order chi connectivity index (χ1) is 9.33. The molecule has 0 aromatic heterocycles. The predicted octanol–water partition coefficient (Wildman–Crippen LogP) is 2.94. The fraction of sp³-hybridized carbons (Fsp3) is 0.467. The molecule has 19 heavy (non-hydrogen) atoms. The van der Waals surface area contributed by atoms with Crippen molar-refractivity contribution in [2.45, 2.75) is 18.9 Å². The van der Waals surface area contributed by atoms with Crippen LogP contribution >= 0.6 is 11.8 Å². The molecule has 1 fully saturated rings. The van der Waals surface area contributed by atoms with Crippen LogP contribution in [0.15, 0.2) is 24.3 Å². The van der Waals surface area contributed by atoms with Crippen LogP contribution in [0.25, 0.3) is 6.08 Å². The number of benzene rings is 1. The van der Waals surface area contributed by atoms with Gasteiger partial charge in [0.1, 0.15) is 6.10 Å². The number of hydrogen-bond acceptors (Lipinski definition) is 4. The van der Waals surface area contributed by atoms with Gasteiger partial charge in [0.2, 0.25) is 0 Å². The fourth-order valence-corrected chi connectivity index (χ4v) is 3.11. The Bertz CT molecular complexity index is 428. The van der Waals surface area contributed by atoms with Crippen molar-refractivity contribution in [2.24, 2.45) is 5.73 Å². The van der Waals surface area contributed by atoms with E-state index in [9.17, 15) is 0 Å². The molecule has 4 heteroatoms.